The minimum atomic E-state index is -0.746. The molecular formula is C21H21N3O2S. The van der Waals surface area contributed by atoms with Crippen molar-refractivity contribution in [2.45, 2.75) is 33.4 Å². The van der Waals surface area contributed by atoms with Crippen LogP contribution in [-0.2, 0) is 6.54 Å². The lowest BCUT2D eigenvalue weighted by atomic mass is 9.97. The Morgan fingerprint density at radius 3 is 2.63 bits per heavy atom. The topological polar surface area (TPSA) is 59.5 Å². The quantitative estimate of drug-likeness (QED) is 0.585. The summed E-state index contributed by atoms with van der Waals surface area (Å²) in [6.45, 7) is 6.28. The SMILES string of the molecule is Cc1cc(C)c(C(O)Cn2ccn3nc(-c4cccs4)cc3c2=O)cc1C. The molecule has 0 aliphatic rings. The fourth-order valence-electron chi connectivity index (χ4n) is 3.34. The number of aliphatic hydroxyl groups excluding tert-OH is 1. The second-order valence-electron chi connectivity index (χ2n) is 6.90. The van der Waals surface area contributed by atoms with Gasteiger partial charge in [-0.05, 0) is 60.5 Å². The van der Waals surface area contributed by atoms with E-state index in [9.17, 15) is 9.90 Å². The molecule has 1 atom stereocenters. The Morgan fingerprint density at radius 2 is 1.89 bits per heavy atom. The van der Waals surface area contributed by atoms with Crippen LogP contribution in [0, 0.1) is 20.8 Å². The minimum absolute atomic E-state index is 0.159. The Balaban J connectivity index is 1.69. The summed E-state index contributed by atoms with van der Waals surface area (Å²) in [6.07, 6.45) is 2.69. The second-order valence-corrected chi connectivity index (χ2v) is 7.85. The first-order valence-electron chi connectivity index (χ1n) is 8.82. The van der Waals surface area contributed by atoms with Crippen LogP contribution in [0.3, 0.4) is 0 Å². The molecular weight excluding hydrogens is 358 g/mol. The average molecular weight is 379 g/mol. The van der Waals surface area contributed by atoms with Crippen molar-refractivity contribution in [2.24, 2.45) is 0 Å². The van der Waals surface area contributed by atoms with Crippen LogP contribution in [0.5, 0.6) is 0 Å². The normalized spacial score (nSPS) is 12.6. The van der Waals surface area contributed by atoms with Gasteiger partial charge in [0.05, 0.1) is 17.5 Å². The van der Waals surface area contributed by atoms with Crippen LogP contribution in [0.15, 0.2) is 52.9 Å². The van der Waals surface area contributed by atoms with Crippen molar-refractivity contribution in [1.29, 1.82) is 0 Å². The number of nitrogens with zero attached hydrogens (tertiary/aromatic N) is 3. The number of fused-ring (bicyclic) bond motifs is 1. The molecule has 4 rings (SSSR count). The highest BCUT2D eigenvalue weighted by Gasteiger charge is 2.15. The standard InChI is InChI=1S/C21H21N3O2S/c1-13-9-15(3)16(10-14(13)2)19(25)12-23-6-7-24-18(21(23)26)11-17(22-24)20-5-4-8-27-20/h4-11,19,25H,12H2,1-3H3. The molecule has 1 aromatic carbocycles. The van der Waals surface area contributed by atoms with E-state index in [4.69, 9.17) is 0 Å². The molecule has 3 heterocycles. The molecule has 0 aliphatic carbocycles. The number of benzene rings is 1. The van der Waals surface area contributed by atoms with Crippen LogP contribution >= 0.6 is 11.3 Å². The number of aliphatic hydroxyl groups is 1. The van der Waals surface area contributed by atoms with E-state index in [2.05, 4.69) is 18.1 Å². The van der Waals surface area contributed by atoms with E-state index in [1.165, 1.54) is 5.56 Å². The van der Waals surface area contributed by atoms with E-state index in [0.717, 1.165) is 27.3 Å². The van der Waals surface area contributed by atoms with E-state index in [-0.39, 0.29) is 12.1 Å². The van der Waals surface area contributed by atoms with Gasteiger partial charge in [0.1, 0.15) is 11.2 Å². The molecule has 4 aromatic rings. The maximum Gasteiger partial charge on any atom is 0.276 e. The van der Waals surface area contributed by atoms with E-state index in [1.54, 1.807) is 38.9 Å². The van der Waals surface area contributed by atoms with Gasteiger partial charge in [-0.3, -0.25) is 4.79 Å². The van der Waals surface area contributed by atoms with Gasteiger partial charge in [0.15, 0.2) is 0 Å². The molecule has 0 spiro atoms. The molecule has 0 bridgehead atoms. The summed E-state index contributed by atoms with van der Waals surface area (Å²) in [6, 6.07) is 9.83. The van der Waals surface area contributed by atoms with E-state index < -0.39 is 6.10 Å². The summed E-state index contributed by atoms with van der Waals surface area (Å²) in [4.78, 5) is 13.9. The van der Waals surface area contributed by atoms with Gasteiger partial charge in [-0.25, -0.2) is 4.52 Å². The number of hydrogen-bond donors (Lipinski definition) is 1. The van der Waals surface area contributed by atoms with Crippen LogP contribution < -0.4 is 5.56 Å². The maximum atomic E-state index is 12.9. The third-order valence-electron chi connectivity index (χ3n) is 4.99. The molecule has 0 saturated carbocycles. The van der Waals surface area contributed by atoms with E-state index >= 15 is 0 Å². The smallest absolute Gasteiger partial charge is 0.276 e. The molecule has 27 heavy (non-hydrogen) atoms. The Labute approximate surface area is 161 Å². The molecule has 6 heteroatoms. The van der Waals surface area contributed by atoms with Gasteiger partial charge in [-0.2, -0.15) is 5.10 Å². The largest absolute Gasteiger partial charge is 0.387 e. The molecule has 0 radical (unpaired) electrons. The van der Waals surface area contributed by atoms with Gasteiger partial charge < -0.3 is 9.67 Å². The zero-order valence-electron chi connectivity index (χ0n) is 15.5. The highest BCUT2D eigenvalue weighted by molar-refractivity contribution is 7.13. The molecule has 1 N–H and O–H groups in total. The monoisotopic (exact) mass is 379 g/mol. The molecule has 0 amide bonds. The summed E-state index contributed by atoms with van der Waals surface area (Å²) < 4.78 is 3.15. The summed E-state index contributed by atoms with van der Waals surface area (Å²) >= 11 is 1.59. The van der Waals surface area contributed by atoms with Gasteiger partial charge >= 0.3 is 0 Å². The Kier molecular flexibility index (Phi) is 4.45. The van der Waals surface area contributed by atoms with Crippen LogP contribution in [0.25, 0.3) is 16.1 Å². The van der Waals surface area contributed by atoms with Crippen molar-refractivity contribution in [3.8, 4) is 10.6 Å². The number of aromatic nitrogens is 3. The van der Waals surface area contributed by atoms with E-state index in [1.807, 2.05) is 37.4 Å². The summed E-state index contributed by atoms with van der Waals surface area (Å²) in [5.41, 5.74) is 5.35. The lowest BCUT2D eigenvalue weighted by molar-refractivity contribution is 0.154. The first-order valence-corrected chi connectivity index (χ1v) is 9.70. The molecule has 1 unspecified atom stereocenters. The van der Waals surface area contributed by atoms with Gasteiger partial charge in [0.25, 0.3) is 5.56 Å². The summed E-state index contributed by atoms with van der Waals surface area (Å²) in [5.74, 6) is 0. The summed E-state index contributed by atoms with van der Waals surface area (Å²) in [5, 5.41) is 17.2. The van der Waals surface area contributed by atoms with Gasteiger partial charge in [0, 0.05) is 12.4 Å². The zero-order chi connectivity index (χ0) is 19.1. The molecule has 0 saturated heterocycles. The van der Waals surface area contributed by atoms with Gasteiger partial charge in [-0.1, -0.05) is 18.2 Å². The first kappa shape index (κ1) is 17.7. The molecule has 0 fully saturated rings. The predicted octanol–water partition coefficient (Wildman–Crippen LogP) is 3.88. The molecule has 0 aliphatic heterocycles. The molecule has 138 valence electrons. The number of rotatable bonds is 4. The molecule has 5 nitrogen and oxygen atoms in total. The van der Waals surface area contributed by atoms with Crippen LogP contribution in [0.2, 0.25) is 0 Å². The van der Waals surface area contributed by atoms with Crippen molar-refractivity contribution in [1.82, 2.24) is 14.2 Å². The van der Waals surface area contributed by atoms with Crippen molar-refractivity contribution in [3.63, 3.8) is 0 Å². The highest BCUT2D eigenvalue weighted by Crippen LogP contribution is 2.24. The maximum absolute atomic E-state index is 12.9. The van der Waals surface area contributed by atoms with Crippen molar-refractivity contribution < 1.29 is 5.11 Å². The number of aryl methyl sites for hydroxylation is 3. The zero-order valence-corrected chi connectivity index (χ0v) is 16.3. The third kappa shape index (κ3) is 3.22. The lowest BCUT2D eigenvalue weighted by Crippen LogP contribution is -2.24. The van der Waals surface area contributed by atoms with Crippen molar-refractivity contribution >= 4 is 16.9 Å². The van der Waals surface area contributed by atoms with Crippen LogP contribution in [0.4, 0.5) is 0 Å². The lowest BCUT2D eigenvalue weighted by Gasteiger charge is -2.17. The average Bonchev–Trinajstić information content (AvgIpc) is 3.29. The molecule has 3 aromatic heterocycles. The number of thiophene rings is 1. The fourth-order valence-corrected chi connectivity index (χ4v) is 4.02. The summed E-state index contributed by atoms with van der Waals surface area (Å²) in [7, 11) is 0. The Morgan fingerprint density at radius 1 is 1.11 bits per heavy atom. The predicted molar refractivity (Wildman–Crippen MR) is 108 cm³/mol. The van der Waals surface area contributed by atoms with Crippen molar-refractivity contribution in [2.75, 3.05) is 0 Å². The van der Waals surface area contributed by atoms with E-state index in [0.29, 0.717) is 5.52 Å². The first-order chi connectivity index (χ1) is 12.9. The van der Waals surface area contributed by atoms with Gasteiger partial charge in [0.2, 0.25) is 0 Å². The van der Waals surface area contributed by atoms with Gasteiger partial charge in [-0.15, -0.1) is 11.3 Å². The van der Waals surface area contributed by atoms with Crippen LogP contribution in [0.1, 0.15) is 28.4 Å². The van der Waals surface area contributed by atoms with Crippen molar-refractivity contribution in [3.05, 3.63) is 80.7 Å². The minimum Gasteiger partial charge on any atom is -0.387 e. The Hall–Kier alpha value is -2.70. The van der Waals surface area contributed by atoms with Crippen LogP contribution in [-0.4, -0.2) is 19.3 Å². The Bertz CT molecular complexity index is 1170. The highest BCUT2D eigenvalue weighted by atomic mass is 32.1. The third-order valence-corrected chi connectivity index (χ3v) is 5.88. The second kappa shape index (κ2) is 6.79. The number of hydrogen-bond acceptors (Lipinski definition) is 4. The fraction of sp³-hybridized carbons (Fsp3) is 0.238.